The SMILES string of the molecule is CC/C=C\C/C=C\C/C=C\C/C=C\C/C=C\C/C=C\C/C=C\C/C=C\C/C=C\C/C=C\CCCCC(=O)NC(COC1OC(CO)C(OC2OC(CO)C(OC3OC(CO)C(O)C(O)C3O)C(O)C2O)C(O)C1O)C(O)/C=C/CC/C=C/CCCCCCCCCCCCCCCCCC. The minimum Gasteiger partial charge on any atom is -0.394 e. The Morgan fingerprint density at radius 1 is 0.370 bits per heavy atom. The van der Waals surface area contributed by atoms with Gasteiger partial charge in [-0.1, -0.05) is 256 Å². The molecule has 0 radical (unpaired) electrons. The summed E-state index contributed by atoms with van der Waals surface area (Å²) in [5.41, 5.74) is 0. The Labute approximate surface area is 600 Å². The molecule has 17 atom stereocenters. The number of unbranched alkanes of at least 4 members (excludes halogenated alkanes) is 19. The number of carbonyl (C=O) groups is 1. The highest BCUT2D eigenvalue weighted by Crippen LogP contribution is 2.33. The molecule has 3 aliphatic rings. The summed E-state index contributed by atoms with van der Waals surface area (Å²) in [6.07, 6.45) is 59.7. The number of amides is 1. The molecular formula is C81H133NO18. The van der Waals surface area contributed by atoms with Crippen molar-refractivity contribution >= 4 is 5.91 Å². The van der Waals surface area contributed by atoms with Gasteiger partial charge in [-0.2, -0.15) is 0 Å². The van der Waals surface area contributed by atoms with Crippen LogP contribution in [0.1, 0.15) is 226 Å². The monoisotopic (exact) mass is 1410 g/mol. The van der Waals surface area contributed by atoms with Crippen LogP contribution in [0.3, 0.4) is 0 Å². The van der Waals surface area contributed by atoms with Crippen LogP contribution in [0.15, 0.2) is 146 Å². The highest BCUT2D eigenvalue weighted by Gasteiger charge is 2.53. The quantitative estimate of drug-likeness (QED) is 0.0199. The first-order valence-electron chi connectivity index (χ1n) is 38.1. The minimum absolute atomic E-state index is 0.170. The lowest BCUT2D eigenvalue weighted by Gasteiger charge is -2.48. The van der Waals surface area contributed by atoms with E-state index in [0.29, 0.717) is 12.8 Å². The fourth-order valence-corrected chi connectivity index (χ4v) is 11.8. The van der Waals surface area contributed by atoms with Gasteiger partial charge in [0, 0.05) is 6.42 Å². The molecular weight excluding hydrogens is 1270 g/mol. The number of ether oxygens (including phenoxy) is 6. The number of nitrogens with one attached hydrogen (secondary N) is 1. The van der Waals surface area contributed by atoms with Gasteiger partial charge in [0.15, 0.2) is 18.9 Å². The van der Waals surface area contributed by atoms with Gasteiger partial charge in [-0.25, -0.2) is 0 Å². The third-order valence-corrected chi connectivity index (χ3v) is 17.9. The molecule has 17 unspecified atom stereocenters. The van der Waals surface area contributed by atoms with Crippen LogP contribution in [0.2, 0.25) is 0 Å². The maximum absolute atomic E-state index is 13.4. The van der Waals surface area contributed by atoms with E-state index in [9.17, 15) is 61.0 Å². The maximum Gasteiger partial charge on any atom is 0.220 e. The first-order chi connectivity index (χ1) is 48.8. The smallest absolute Gasteiger partial charge is 0.220 e. The number of allylic oxidation sites excluding steroid dienone is 23. The molecule has 19 nitrogen and oxygen atoms in total. The number of carbonyl (C=O) groups excluding carboxylic acids is 1. The standard InChI is InChI=1S/C81H133NO18/c1-3-5-7-9-11-13-15-17-19-21-23-25-27-28-29-30-31-32-33-34-35-36-37-39-41-43-45-47-49-51-53-55-57-59-69(87)82-64(65(86)58-56-54-52-50-48-46-44-42-40-38-26-24-22-20-18-16-14-12-10-8-6-4-2)63-95-79-75(93)72(90)77(67(61-84)97-79)100-81-76(94)73(91)78(68(62-85)98-81)99-80-74(92)71(89)70(88)66(60-83)96-80/h5,7,11,13,17,19,23,25,28-29,31-32,34-35,37,39,43,45,48-51,56,58,64-68,70-81,83-86,88-94H,3-4,6,8-10,12,14-16,18,20-22,24,26-27,30,33,36,38,40-42,44,46-47,52-55,57,59-63H2,1-2H3,(H,82,87)/b7-5-,13-11-,19-17-,25-23-,29-28-,32-31-,35-34-,39-37-,45-43-,50-48+,51-49-,58-56+. The van der Waals surface area contributed by atoms with E-state index in [1.807, 2.05) is 6.08 Å². The first kappa shape index (κ1) is 89.9. The summed E-state index contributed by atoms with van der Waals surface area (Å²) in [4.78, 5) is 13.4. The van der Waals surface area contributed by atoms with Crippen molar-refractivity contribution < 1.29 is 89.4 Å². The minimum atomic E-state index is -1.99. The zero-order chi connectivity index (χ0) is 72.5. The van der Waals surface area contributed by atoms with Crippen molar-refractivity contribution in [3.8, 4) is 0 Å². The zero-order valence-electron chi connectivity index (χ0n) is 60.6. The lowest BCUT2D eigenvalue weighted by molar-refractivity contribution is -0.379. The Morgan fingerprint density at radius 2 is 0.700 bits per heavy atom. The van der Waals surface area contributed by atoms with E-state index < -0.39 is 131 Å². The van der Waals surface area contributed by atoms with Gasteiger partial charge in [-0.3, -0.25) is 4.79 Å². The summed E-state index contributed by atoms with van der Waals surface area (Å²) in [6, 6.07) is -1.03. The normalized spacial score (nSPS) is 27.3. The van der Waals surface area contributed by atoms with Crippen LogP contribution in [-0.2, 0) is 33.2 Å². The molecule has 0 aromatic heterocycles. The highest BCUT2D eigenvalue weighted by molar-refractivity contribution is 5.76. The van der Waals surface area contributed by atoms with Crippen molar-refractivity contribution in [3.05, 3.63) is 146 Å². The molecule has 0 saturated carbocycles. The van der Waals surface area contributed by atoms with E-state index >= 15 is 0 Å². The van der Waals surface area contributed by atoms with E-state index in [4.69, 9.17) is 28.4 Å². The van der Waals surface area contributed by atoms with Crippen molar-refractivity contribution in [1.82, 2.24) is 5.32 Å². The lowest BCUT2D eigenvalue weighted by Crippen LogP contribution is -2.66. The lowest BCUT2D eigenvalue weighted by atomic mass is 9.96. The van der Waals surface area contributed by atoms with Crippen LogP contribution in [0, 0.1) is 0 Å². The second-order valence-corrected chi connectivity index (χ2v) is 26.4. The summed E-state index contributed by atoms with van der Waals surface area (Å²) in [6.45, 7) is 1.56. The molecule has 0 aliphatic carbocycles. The Hall–Kier alpha value is -4.33. The predicted octanol–water partition coefficient (Wildman–Crippen LogP) is 11.9. The van der Waals surface area contributed by atoms with Gasteiger partial charge in [0.1, 0.15) is 73.2 Å². The largest absolute Gasteiger partial charge is 0.394 e. The second kappa shape index (κ2) is 60.0. The second-order valence-electron chi connectivity index (χ2n) is 26.4. The van der Waals surface area contributed by atoms with Crippen LogP contribution in [0.5, 0.6) is 0 Å². The molecule has 0 aromatic carbocycles. The molecule has 3 fully saturated rings. The molecule has 19 heteroatoms. The topological polar surface area (TPSA) is 307 Å². The fraction of sp³-hybridized carbons (Fsp3) is 0.691. The summed E-state index contributed by atoms with van der Waals surface area (Å²) < 4.78 is 34.3. The van der Waals surface area contributed by atoms with Crippen molar-refractivity contribution in [3.63, 3.8) is 0 Å². The van der Waals surface area contributed by atoms with Crippen molar-refractivity contribution in [2.75, 3.05) is 26.4 Å². The molecule has 12 N–H and O–H groups in total. The third-order valence-electron chi connectivity index (χ3n) is 17.9. The number of rotatable bonds is 57. The molecule has 100 heavy (non-hydrogen) atoms. The Morgan fingerprint density at radius 3 is 1.12 bits per heavy atom. The molecule has 3 aliphatic heterocycles. The zero-order valence-corrected chi connectivity index (χ0v) is 60.6. The summed E-state index contributed by atoms with van der Waals surface area (Å²) in [5.74, 6) is -0.333. The average Bonchev–Trinajstić information content (AvgIpc) is 0.783. The number of aliphatic hydroxyl groups is 11. The van der Waals surface area contributed by atoms with Crippen LogP contribution < -0.4 is 5.32 Å². The van der Waals surface area contributed by atoms with Gasteiger partial charge < -0.3 is 89.9 Å². The average molecular weight is 1410 g/mol. The predicted molar refractivity (Wildman–Crippen MR) is 396 cm³/mol. The maximum atomic E-state index is 13.4. The summed E-state index contributed by atoms with van der Waals surface area (Å²) in [7, 11) is 0. The Kier molecular flexibility index (Phi) is 53.9. The van der Waals surface area contributed by atoms with Crippen LogP contribution in [0.4, 0.5) is 0 Å². The van der Waals surface area contributed by atoms with E-state index in [2.05, 4.69) is 153 Å². The number of hydrogen-bond donors (Lipinski definition) is 12. The van der Waals surface area contributed by atoms with Gasteiger partial charge in [0.05, 0.1) is 38.6 Å². The van der Waals surface area contributed by atoms with E-state index in [0.717, 1.165) is 96.3 Å². The molecule has 3 rings (SSSR count). The Bertz CT molecular complexity index is 2380. The van der Waals surface area contributed by atoms with Crippen molar-refractivity contribution in [2.24, 2.45) is 0 Å². The molecule has 3 saturated heterocycles. The van der Waals surface area contributed by atoms with Gasteiger partial charge >= 0.3 is 0 Å². The molecule has 0 aromatic rings. The van der Waals surface area contributed by atoms with Gasteiger partial charge in [0.2, 0.25) is 5.91 Å². The highest BCUT2D eigenvalue weighted by atomic mass is 16.8. The molecule has 0 bridgehead atoms. The fourth-order valence-electron chi connectivity index (χ4n) is 11.8. The Balaban J connectivity index is 1.43. The van der Waals surface area contributed by atoms with Gasteiger partial charge in [-0.15, -0.1) is 0 Å². The summed E-state index contributed by atoms with van der Waals surface area (Å²) in [5, 5.41) is 121. The van der Waals surface area contributed by atoms with Crippen molar-refractivity contribution in [1.29, 1.82) is 0 Å². The van der Waals surface area contributed by atoms with Crippen molar-refractivity contribution in [2.45, 2.75) is 330 Å². The number of aliphatic hydroxyl groups excluding tert-OH is 11. The first-order valence-corrected chi connectivity index (χ1v) is 38.1. The van der Waals surface area contributed by atoms with Crippen LogP contribution >= 0.6 is 0 Å². The third kappa shape index (κ3) is 40.1. The van der Waals surface area contributed by atoms with E-state index in [-0.39, 0.29) is 12.3 Å². The summed E-state index contributed by atoms with van der Waals surface area (Å²) >= 11 is 0. The van der Waals surface area contributed by atoms with Gasteiger partial charge in [0.25, 0.3) is 0 Å². The van der Waals surface area contributed by atoms with Crippen LogP contribution in [0.25, 0.3) is 0 Å². The van der Waals surface area contributed by atoms with Crippen LogP contribution in [-0.4, -0.2) is 193 Å². The van der Waals surface area contributed by atoms with E-state index in [1.54, 1.807) is 6.08 Å². The molecule has 1 amide bonds. The van der Waals surface area contributed by atoms with Gasteiger partial charge in [-0.05, 0) is 109 Å². The molecule has 570 valence electrons. The molecule has 3 heterocycles. The molecule has 0 spiro atoms. The van der Waals surface area contributed by atoms with E-state index in [1.165, 1.54) is 96.3 Å². The number of hydrogen-bond acceptors (Lipinski definition) is 18.